The lowest BCUT2D eigenvalue weighted by molar-refractivity contribution is -0.274. The number of anilines is 2. The van der Waals surface area contributed by atoms with Gasteiger partial charge < -0.3 is 15.0 Å². The summed E-state index contributed by atoms with van der Waals surface area (Å²) in [6.07, 6.45) is -3.46. The monoisotopic (exact) mass is 393 g/mol. The molecule has 1 saturated heterocycles. The molecule has 0 saturated carbocycles. The zero-order valence-corrected chi connectivity index (χ0v) is 14.5. The second kappa shape index (κ2) is 6.62. The van der Waals surface area contributed by atoms with Crippen LogP contribution in [0.3, 0.4) is 0 Å². The molecule has 146 valence electrons. The molecule has 0 bridgehead atoms. The number of aryl methyl sites for hydroxylation is 1. The van der Waals surface area contributed by atoms with Crippen LogP contribution in [0.5, 0.6) is 5.75 Å². The molecule has 0 unspecified atom stereocenters. The predicted octanol–water partition coefficient (Wildman–Crippen LogP) is 1.73. The van der Waals surface area contributed by atoms with Crippen LogP contribution in [0.1, 0.15) is 0 Å². The second-order valence-corrected chi connectivity index (χ2v) is 6.22. The number of carbonyl (C=O) groups excluding carboxylic acids is 1. The molecule has 0 atom stereocenters. The number of fused-ring (bicyclic) bond motifs is 1. The molecule has 1 fully saturated rings. The van der Waals surface area contributed by atoms with Gasteiger partial charge in [0.2, 0.25) is 5.91 Å². The van der Waals surface area contributed by atoms with Crippen molar-refractivity contribution in [3.05, 3.63) is 30.6 Å². The number of nitrogens with one attached hydrogen (secondary N) is 1. The van der Waals surface area contributed by atoms with Gasteiger partial charge in [-0.15, -0.1) is 18.3 Å². The lowest BCUT2D eigenvalue weighted by Crippen LogP contribution is -2.52. The Morgan fingerprint density at radius 1 is 1.25 bits per heavy atom. The first-order valence-corrected chi connectivity index (χ1v) is 8.23. The molecule has 12 heteroatoms. The number of carbonyl (C=O) groups is 1. The SMILES string of the molecule is Cn1nnc2c(N3CC(C(=O)Nc4ccccc4OC(F)(F)F)C3)ncnc21. The van der Waals surface area contributed by atoms with E-state index < -0.39 is 23.9 Å². The number of hydrogen-bond donors (Lipinski definition) is 1. The van der Waals surface area contributed by atoms with Crippen molar-refractivity contribution in [1.82, 2.24) is 25.0 Å². The summed E-state index contributed by atoms with van der Waals surface area (Å²) in [5, 5.41) is 10.4. The number of amides is 1. The van der Waals surface area contributed by atoms with E-state index in [9.17, 15) is 18.0 Å². The first-order valence-electron chi connectivity index (χ1n) is 8.23. The van der Waals surface area contributed by atoms with Crippen LogP contribution in [0.15, 0.2) is 30.6 Å². The van der Waals surface area contributed by atoms with E-state index in [-0.39, 0.29) is 5.69 Å². The molecule has 4 rings (SSSR count). The molecular weight excluding hydrogens is 379 g/mol. The van der Waals surface area contributed by atoms with E-state index in [0.717, 1.165) is 6.07 Å². The van der Waals surface area contributed by atoms with Gasteiger partial charge in [0.15, 0.2) is 22.7 Å². The fraction of sp³-hybridized carbons (Fsp3) is 0.312. The normalized spacial score (nSPS) is 14.8. The molecule has 0 aliphatic carbocycles. The highest BCUT2D eigenvalue weighted by molar-refractivity contribution is 5.96. The van der Waals surface area contributed by atoms with Gasteiger partial charge in [-0.05, 0) is 12.1 Å². The number of ether oxygens (including phenoxy) is 1. The van der Waals surface area contributed by atoms with Crippen LogP contribution >= 0.6 is 0 Å². The van der Waals surface area contributed by atoms with Crippen molar-refractivity contribution in [2.24, 2.45) is 13.0 Å². The Balaban J connectivity index is 1.43. The van der Waals surface area contributed by atoms with E-state index in [1.165, 1.54) is 29.2 Å². The summed E-state index contributed by atoms with van der Waals surface area (Å²) in [5.41, 5.74) is 1.05. The molecular formula is C16H14F3N7O2. The van der Waals surface area contributed by atoms with Gasteiger partial charge >= 0.3 is 6.36 Å². The quantitative estimate of drug-likeness (QED) is 0.721. The molecule has 9 nitrogen and oxygen atoms in total. The van der Waals surface area contributed by atoms with Crippen LogP contribution in [-0.4, -0.2) is 50.3 Å². The van der Waals surface area contributed by atoms with Crippen LogP contribution in [0.25, 0.3) is 11.2 Å². The molecule has 1 aliphatic heterocycles. The van der Waals surface area contributed by atoms with Gasteiger partial charge in [-0.3, -0.25) is 4.79 Å². The Kier molecular flexibility index (Phi) is 4.24. The van der Waals surface area contributed by atoms with Crippen LogP contribution in [0.4, 0.5) is 24.7 Å². The molecule has 1 aliphatic rings. The van der Waals surface area contributed by atoms with Crippen molar-refractivity contribution in [3.63, 3.8) is 0 Å². The number of alkyl halides is 3. The van der Waals surface area contributed by atoms with Crippen molar-refractivity contribution in [1.29, 1.82) is 0 Å². The Labute approximate surface area is 156 Å². The maximum absolute atomic E-state index is 12.5. The zero-order chi connectivity index (χ0) is 19.9. The number of halogens is 3. The number of para-hydroxylation sites is 2. The maximum Gasteiger partial charge on any atom is 0.573 e. The zero-order valence-electron chi connectivity index (χ0n) is 14.5. The Morgan fingerprint density at radius 2 is 2.00 bits per heavy atom. The minimum atomic E-state index is -4.84. The third kappa shape index (κ3) is 3.40. The minimum Gasteiger partial charge on any atom is -0.404 e. The second-order valence-electron chi connectivity index (χ2n) is 6.22. The van der Waals surface area contributed by atoms with Gasteiger partial charge in [0.1, 0.15) is 6.33 Å². The molecule has 0 spiro atoms. The molecule has 3 aromatic rings. The van der Waals surface area contributed by atoms with E-state index in [4.69, 9.17) is 0 Å². The van der Waals surface area contributed by atoms with E-state index in [1.807, 2.05) is 4.90 Å². The predicted molar refractivity (Wildman–Crippen MR) is 91.6 cm³/mol. The Morgan fingerprint density at radius 3 is 2.75 bits per heavy atom. The van der Waals surface area contributed by atoms with Crippen LogP contribution < -0.4 is 15.0 Å². The van der Waals surface area contributed by atoms with Gasteiger partial charge in [-0.2, -0.15) is 0 Å². The lowest BCUT2D eigenvalue weighted by atomic mass is 9.99. The summed E-state index contributed by atoms with van der Waals surface area (Å²) in [4.78, 5) is 22.6. The summed E-state index contributed by atoms with van der Waals surface area (Å²) >= 11 is 0. The van der Waals surface area contributed by atoms with E-state index in [2.05, 4.69) is 30.3 Å². The topological polar surface area (TPSA) is 98.1 Å². The average molecular weight is 393 g/mol. The summed E-state index contributed by atoms with van der Waals surface area (Å²) in [6, 6.07) is 5.39. The number of hydrogen-bond acceptors (Lipinski definition) is 7. The van der Waals surface area contributed by atoms with Crippen LogP contribution in [0.2, 0.25) is 0 Å². The highest BCUT2D eigenvalue weighted by Gasteiger charge is 2.36. The van der Waals surface area contributed by atoms with E-state index in [1.54, 1.807) is 7.05 Å². The number of nitrogens with zero attached hydrogens (tertiary/aromatic N) is 6. The van der Waals surface area contributed by atoms with Gasteiger partial charge in [0, 0.05) is 20.1 Å². The number of benzene rings is 1. The number of rotatable bonds is 4. The summed E-state index contributed by atoms with van der Waals surface area (Å²) < 4.78 is 43.0. The van der Waals surface area contributed by atoms with Gasteiger partial charge in [-0.25, -0.2) is 14.6 Å². The van der Waals surface area contributed by atoms with Gasteiger partial charge in [0.05, 0.1) is 11.6 Å². The van der Waals surface area contributed by atoms with Crippen molar-refractivity contribution >= 4 is 28.6 Å². The molecule has 1 N–H and O–H groups in total. The van der Waals surface area contributed by atoms with Crippen LogP contribution in [0, 0.1) is 5.92 Å². The minimum absolute atomic E-state index is 0.0402. The molecule has 0 radical (unpaired) electrons. The van der Waals surface area contributed by atoms with Crippen molar-refractivity contribution in [2.45, 2.75) is 6.36 Å². The summed E-state index contributed by atoms with van der Waals surface area (Å²) in [5.74, 6) is -0.723. The summed E-state index contributed by atoms with van der Waals surface area (Å²) in [6.45, 7) is 0.688. The molecule has 2 aromatic heterocycles. The van der Waals surface area contributed by atoms with Gasteiger partial charge in [-0.1, -0.05) is 17.3 Å². The van der Waals surface area contributed by atoms with Crippen molar-refractivity contribution in [2.75, 3.05) is 23.3 Å². The largest absolute Gasteiger partial charge is 0.573 e. The highest BCUT2D eigenvalue weighted by Crippen LogP contribution is 2.32. The lowest BCUT2D eigenvalue weighted by Gasteiger charge is -2.38. The third-order valence-electron chi connectivity index (χ3n) is 4.29. The van der Waals surface area contributed by atoms with Gasteiger partial charge in [0.25, 0.3) is 0 Å². The molecule has 1 aromatic carbocycles. The third-order valence-corrected chi connectivity index (χ3v) is 4.29. The van der Waals surface area contributed by atoms with E-state index in [0.29, 0.717) is 30.1 Å². The first kappa shape index (κ1) is 17.9. The fourth-order valence-electron chi connectivity index (χ4n) is 2.91. The van der Waals surface area contributed by atoms with E-state index >= 15 is 0 Å². The maximum atomic E-state index is 12.5. The highest BCUT2D eigenvalue weighted by atomic mass is 19.4. The fourth-order valence-corrected chi connectivity index (χ4v) is 2.91. The van der Waals surface area contributed by atoms with Crippen molar-refractivity contribution in [3.8, 4) is 5.75 Å². The van der Waals surface area contributed by atoms with Crippen LogP contribution in [-0.2, 0) is 11.8 Å². The number of aromatic nitrogens is 5. The Bertz CT molecular complexity index is 1030. The molecule has 3 heterocycles. The molecule has 1 amide bonds. The summed E-state index contributed by atoms with van der Waals surface area (Å²) in [7, 11) is 1.71. The molecule has 28 heavy (non-hydrogen) atoms. The Hall–Kier alpha value is -3.44. The smallest absolute Gasteiger partial charge is 0.404 e. The standard InChI is InChI=1S/C16H14F3N7O2/c1-25-13-12(23-24-25)14(21-8-20-13)26-6-9(7-26)15(27)22-10-4-2-3-5-11(10)28-16(17,18)19/h2-5,8-9H,6-7H2,1H3,(H,22,27). The average Bonchev–Trinajstić information content (AvgIpc) is 2.96. The first-order chi connectivity index (χ1) is 13.3. The van der Waals surface area contributed by atoms with Crippen molar-refractivity contribution < 1.29 is 22.7 Å².